The SMILES string of the molecule is [O-2].[O-2].[Sr+2].[Ta+5].[Ti+4]. The second-order valence-corrected chi connectivity index (χ2v) is 0. The fourth-order valence-electron chi connectivity index (χ4n) is 0. The summed E-state index contributed by atoms with van der Waals surface area (Å²) in [5.74, 6) is 0. The van der Waals surface area contributed by atoms with Crippen molar-refractivity contribution in [3.05, 3.63) is 0 Å². The fraction of sp³-hybridized carbons (Fsp3) is 0. The first-order valence-corrected chi connectivity index (χ1v) is 0. The van der Waals surface area contributed by atoms with Gasteiger partial charge >= 0.3 is 89.6 Å². The van der Waals surface area contributed by atoms with E-state index in [1.54, 1.807) is 0 Å². The largest absolute Gasteiger partial charge is 5.00 e. The minimum atomic E-state index is 0. The maximum absolute atomic E-state index is 0. The van der Waals surface area contributed by atoms with Crippen molar-refractivity contribution < 1.29 is 55.1 Å². The predicted octanol–water partition coefficient (Wildman–Crippen LogP) is -0.623. The van der Waals surface area contributed by atoms with Crippen molar-refractivity contribution in [2.75, 3.05) is 0 Å². The van der Waals surface area contributed by atoms with Gasteiger partial charge in [0.2, 0.25) is 0 Å². The standard InChI is InChI=1S/2O.Sr.Ta.Ti/q2*-2;+2;+5;+4. The molecule has 0 aliphatic rings. The predicted molar refractivity (Wildman–Crippen MR) is 7.13 cm³/mol. The van der Waals surface area contributed by atoms with Gasteiger partial charge in [-0.25, -0.2) is 0 Å². The van der Waals surface area contributed by atoms with Gasteiger partial charge in [0.15, 0.2) is 0 Å². The Balaban J connectivity index is 0. The molecule has 0 aromatic rings. The van der Waals surface area contributed by atoms with E-state index < -0.39 is 0 Å². The summed E-state index contributed by atoms with van der Waals surface area (Å²) in [6, 6.07) is 0. The first-order valence-electron chi connectivity index (χ1n) is 0. The molecule has 5 heavy (non-hydrogen) atoms. The Bertz CT molecular complexity index is 9.61. The molecule has 0 radical (unpaired) electrons. The topological polar surface area (TPSA) is 57.0 Å². The van der Waals surface area contributed by atoms with Crippen LogP contribution in [0.15, 0.2) is 0 Å². The van der Waals surface area contributed by atoms with Crippen LogP contribution in [0.25, 0.3) is 0 Å². The van der Waals surface area contributed by atoms with Crippen LogP contribution in [-0.2, 0) is 55.1 Å². The van der Waals surface area contributed by atoms with Crippen LogP contribution in [0.1, 0.15) is 0 Å². The van der Waals surface area contributed by atoms with E-state index in [9.17, 15) is 0 Å². The van der Waals surface area contributed by atoms with E-state index >= 15 is 0 Å². The van der Waals surface area contributed by atoms with E-state index in [0.717, 1.165) is 0 Å². The van der Waals surface area contributed by atoms with Crippen molar-refractivity contribution in [3.8, 4) is 0 Å². The molecule has 0 saturated heterocycles. The van der Waals surface area contributed by atoms with E-state index in [-0.39, 0.29) is 101 Å². The minimum Gasteiger partial charge on any atom is -2.00 e. The summed E-state index contributed by atoms with van der Waals surface area (Å²) in [6.07, 6.45) is 0. The van der Waals surface area contributed by atoms with Gasteiger partial charge in [0.1, 0.15) is 0 Å². The minimum absolute atomic E-state index is 0. The molecule has 5 heteroatoms. The van der Waals surface area contributed by atoms with Gasteiger partial charge in [-0.05, 0) is 0 Å². The van der Waals surface area contributed by atoms with Gasteiger partial charge in [-0.2, -0.15) is 0 Å². The van der Waals surface area contributed by atoms with Crippen LogP contribution in [-0.4, -0.2) is 45.5 Å². The maximum Gasteiger partial charge on any atom is 5.00 e. The molecular weight excluding hydrogens is 348 g/mol. The fourth-order valence-corrected chi connectivity index (χ4v) is 0. The molecule has 16 valence electrons. The Morgan fingerprint density at radius 1 is 0.800 bits per heavy atom. The molecule has 0 aliphatic carbocycles. The van der Waals surface area contributed by atoms with Crippen molar-refractivity contribution >= 4 is 45.5 Å². The summed E-state index contributed by atoms with van der Waals surface area (Å²) in [6.45, 7) is 0. The normalized spacial score (nSPS) is 0. The van der Waals surface area contributed by atoms with Gasteiger partial charge in [-0.3, -0.25) is 0 Å². The zero-order valence-electron chi connectivity index (χ0n) is 2.47. The quantitative estimate of drug-likeness (QED) is 0.524. The first-order chi connectivity index (χ1) is 0. The zero-order chi connectivity index (χ0) is 0. The molecule has 0 saturated carbocycles. The van der Waals surface area contributed by atoms with Crippen molar-refractivity contribution in [2.24, 2.45) is 0 Å². The molecule has 0 amide bonds. The van der Waals surface area contributed by atoms with Gasteiger partial charge in [0.05, 0.1) is 0 Å². The second-order valence-electron chi connectivity index (χ2n) is 0. The van der Waals surface area contributed by atoms with E-state index in [0.29, 0.717) is 0 Å². The van der Waals surface area contributed by atoms with Gasteiger partial charge in [0, 0.05) is 0 Å². The third-order valence-corrected chi connectivity index (χ3v) is 0. The van der Waals surface area contributed by atoms with E-state index in [2.05, 4.69) is 0 Å². The van der Waals surface area contributed by atoms with E-state index in [4.69, 9.17) is 0 Å². The summed E-state index contributed by atoms with van der Waals surface area (Å²) >= 11 is 0. The summed E-state index contributed by atoms with van der Waals surface area (Å²) in [5, 5.41) is 0. The van der Waals surface area contributed by atoms with Crippen molar-refractivity contribution in [2.45, 2.75) is 0 Å². The van der Waals surface area contributed by atoms with Crippen LogP contribution in [0.5, 0.6) is 0 Å². The Hall–Kier alpha value is 2.86. The third-order valence-electron chi connectivity index (χ3n) is 0. The third kappa shape index (κ3) is 19.8. The average molecular weight is 348 g/mol. The zero-order valence-corrected chi connectivity index (χ0v) is 10.7. The summed E-state index contributed by atoms with van der Waals surface area (Å²) in [5.41, 5.74) is 0. The summed E-state index contributed by atoms with van der Waals surface area (Å²) < 4.78 is 0. The summed E-state index contributed by atoms with van der Waals surface area (Å²) in [4.78, 5) is 0. The van der Waals surface area contributed by atoms with Crippen molar-refractivity contribution in [1.82, 2.24) is 0 Å². The molecule has 0 aromatic heterocycles. The van der Waals surface area contributed by atoms with Gasteiger partial charge in [-0.1, -0.05) is 0 Å². The second kappa shape index (κ2) is 28.8. The Morgan fingerprint density at radius 3 is 0.800 bits per heavy atom. The van der Waals surface area contributed by atoms with Crippen LogP contribution in [0.2, 0.25) is 0 Å². The first kappa shape index (κ1) is 45.3. The Kier molecular flexibility index (Phi) is 261. The molecule has 0 aromatic carbocycles. The molecular formula is O2SrTaTi+7. The molecule has 0 spiro atoms. The molecule has 0 heterocycles. The molecule has 0 bridgehead atoms. The molecule has 0 aliphatic heterocycles. The molecule has 2 nitrogen and oxygen atoms in total. The van der Waals surface area contributed by atoms with Gasteiger partial charge in [-0.15, -0.1) is 0 Å². The van der Waals surface area contributed by atoms with Crippen molar-refractivity contribution in [3.63, 3.8) is 0 Å². The van der Waals surface area contributed by atoms with E-state index in [1.807, 2.05) is 0 Å². The Labute approximate surface area is 98.4 Å². The van der Waals surface area contributed by atoms with Gasteiger partial charge < -0.3 is 11.0 Å². The Morgan fingerprint density at radius 2 is 0.800 bits per heavy atom. The van der Waals surface area contributed by atoms with Crippen LogP contribution >= 0.6 is 0 Å². The molecule has 0 N–H and O–H groups in total. The maximum atomic E-state index is 0. The monoisotopic (exact) mass is 349 g/mol. The molecule has 0 unspecified atom stereocenters. The van der Waals surface area contributed by atoms with Crippen LogP contribution in [0.3, 0.4) is 0 Å². The van der Waals surface area contributed by atoms with Crippen LogP contribution in [0.4, 0.5) is 0 Å². The summed E-state index contributed by atoms with van der Waals surface area (Å²) in [7, 11) is 0. The van der Waals surface area contributed by atoms with Gasteiger partial charge in [0.25, 0.3) is 0 Å². The van der Waals surface area contributed by atoms with Crippen LogP contribution in [0, 0.1) is 0 Å². The van der Waals surface area contributed by atoms with Crippen molar-refractivity contribution in [1.29, 1.82) is 0 Å². The number of hydrogen-bond acceptors (Lipinski definition) is 0. The number of hydrogen-bond donors (Lipinski definition) is 0. The molecule has 0 atom stereocenters. The number of rotatable bonds is 0. The molecule has 0 rings (SSSR count). The smallest absolute Gasteiger partial charge is 2.00 e. The molecule has 0 fully saturated rings. The average Bonchev–Trinajstić information content (AvgIpc) is 0. The van der Waals surface area contributed by atoms with Crippen LogP contribution < -0.4 is 0 Å². The van der Waals surface area contributed by atoms with E-state index in [1.165, 1.54) is 0 Å².